The third kappa shape index (κ3) is 8.08. The second-order valence-electron chi connectivity index (χ2n) is 5.39. The Kier molecular flexibility index (Phi) is 10.1. The molecule has 0 aromatic carbocycles. The standard InChI is InChI=1S/C15H27N5.HI/c1-6-16-15(18-10-12(2)3)19-11-13-7-8-17-14(9-13)20(4)5;/h7-9,12H,6,10-11H2,1-5H3,(H2,16,18,19);1H. The van der Waals surface area contributed by atoms with Crippen molar-refractivity contribution in [1.82, 2.24) is 15.6 Å². The van der Waals surface area contributed by atoms with E-state index in [-0.39, 0.29) is 24.0 Å². The average molecular weight is 405 g/mol. The van der Waals surface area contributed by atoms with Crippen molar-refractivity contribution < 1.29 is 0 Å². The maximum Gasteiger partial charge on any atom is 0.191 e. The van der Waals surface area contributed by atoms with Gasteiger partial charge in [0.1, 0.15) is 5.82 Å². The fourth-order valence-corrected chi connectivity index (χ4v) is 1.62. The minimum absolute atomic E-state index is 0. The van der Waals surface area contributed by atoms with E-state index in [4.69, 9.17) is 0 Å². The summed E-state index contributed by atoms with van der Waals surface area (Å²) in [5.74, 6) is 2.42. The molecule has 0 fully saturated rings. The van der Waals surface area contributed by atoms with Gasteiger partial charge >= 0.3 is 0 Å². The normalized spacial score (nSPS) is 11.0. The van der Waals surface area contributed by atoms with Gasteiger partial charge in [0.05, 0.1) is 6.54 Å². The number of guanidine groups is 1. The van der Waals surface area contributed by atoms with Crippen molar-refractivity contribution in [3.63, 3.8) is 0 Å². The van der Waals surface area contributed by atoms with Crippen molar-refractivity contribution >= 4 is 35.8 Å². The number of hydrogen-bond donors (Lipinski definition) is 2. The van der Waals surface area contributed by atoms with Crippen molar-refractivity contribution in [3.05, 3.63) is 23.9 Å². The Bertz CT molecular complexity index is 432. The lowest BCUT2D eigenvalue weighted by molar-refractivity contribution is 0.615. The topological polar surface area (TPSA) is 52.6 Å². The molecule has 21 heavy (non-hydrogen) atoms. The number of aromatic nitrogens is 1. The molecule has 1 aromatic rings. The summed E-state index contributed by atoms with van der Waals surface area (Å²) in [6.07, 6.45) is 1.83. The minimum atomic E-state index is 0. The van der Waals surface area contributed by atoms with E-state index >= 15 is 0 Å². The molecule has 0 aliphatic heterocycles. The van der Waals surface area contributed by atoms with Gasteiger partial charge in [-0.2, -0.15) is 0 Å². The average Bonchev–Trinajstić information content (AvgIpc) is 2.42. The molecule has 5 nitrogen and oxygen atoms in total. The van der Waals surface area contributed by atoms with Gasteiger partial charge in [0.2, 0.25) is 0 Å². The molecule has 0 aliphatic rings. The fourth-order valence-electron chi connectivity index (χ4n) is 1.62. The first kappa shape index (κ1) is 19.9. The van der Waals surface area contributed by atoms with Crippen molar-refractivity contribution in [2.75, 3.05) is 32.1 Å². The number of anilines is 1. The van der Waals surface area contributed by atoms with Crippen molar-refractivity contribution in [2.45, 2.75) is 27.3 Å². The highest BCUT2D eigenvalue weighted by Gasteiger charge is 2.01. The quantitative estimate of drug-likeness (QED) is 0.434. The van der Waals surface area contributed by atoms with Gasteiger partial charge in [-0.1, -0.05) is 13.8 Å². The van der Waals surface area contributed by atoms with Crippen LogP contribution in [0.1, 0.15) is 26.3 Å². The molecule has 0 aliphatic carbocycles. The smallest absolute Gasteiger partial charge is 0.191 e. The summed E-state index contributed by atoms with van der Waals surface area (Å²) >= 11 is 0. The Morgan fingerprint density at radius 1 is 1.33 bits per heavy atom. The molecular weight excluding hydrogens is 377 g/mol. The molecule has 0 unspecified atom stereocenters. The number of pyridine rings is 1. The lowest BCUT2D eigenvalue weighted by Gasteiger charge is -2.14. The third-order valence-electron chi connectivity index (χ3n) is 2.71. The van der Waals surface area contributed by atoms with Crippen LogP contribution in [0.25, 0.3) is 0 Å². The van der Waals surface area contributed by atoms with Crippen LogP contribution >= 0.6 is 24.0 Å². The summed E-state index contributed by atoms with van der Waals surface area (Å²) < 4.78 is 0. The van der Waals surface area contributed by atoms with E-state index in [9.17, 15) is 0 Å². The van der Waals surface area contributed by atoms with Gasteiger partial charge in [-0.15, -0.1) is 24.0 Å². The second-order valence-corrected chi connectivity index (χ2v) is 5.39. The van der Waals surface area contributed by atoms with Crippen LogP contribution in [0.2, 0.25) is 0 Å². The van der Waals surface area contributed by atoms with E-state index in [0.29, 0.717) is 12.5 Å². The molecule has 6 heteroatoms. The Balaban J connectivity index is 0.00000400. The number of aliphatic imine (C=N–C) groups is 1. The molecule has 2 N–H and O–H groups in total. The molecule has 0 saturated heterocycles. The van der Waals surface area contributed by atoms with Crippen LogP contribution in [0.15, 0.2) is 23.3 Å². The lowest BCUT2D eigenvalue weighted by atomic mass is 10.2. The highest BCUT2D eigenvalue weighted by Crippen LogP contribution is 2.10. The predicted molar refractivity (Wildman–Crippen MR) is 102 cm³/mol. The van der Waals surface area contributed by atoms with Crippen LogP contribution in [0.3, 0.4) is 0 Å². The zero-order valence-corrected chi connectivity index (χ0v) is 16.0. The summed E-state index contributed by atoms with van der Waals surface area (Å²) in [7, 11) is 3.98. The molecule has 1 heterocycles. The van der Waals surface area contributed by atoms with E-state index in [1.807, 2.05) is 31.3 Å². The first-order valence-corrected chi connectivity index (χ1v) is 7.17. The van der Waals surface area contributed by atoms with Gasteiger partial charge in [0.15, 0.2) is 5.96 Å². The number of rotatable bonds is 6. The van der Waals surface area contributed by atoms with Gasteiger partial charge in [-0.3, -0.25) is 0 Å². The van der Waals surface area contributed by atoms with Crippen molar-refractivity contribution in [2.24, 2.45) is 10.9 Å². The molecule has 0 bridgehead atoms. The van der Waals surface area contributed by atoms with Crippen LogP contribution < -0.4 is 15.5 Å². The molecule has 0 radical (unpaired) electrons. The molecule has 120 valence electrons. The van der Waals surface area contributed by atoms with E-state index in [1.54, 1.807) is 0 Å². The summed E-state index contributed by atoms with van der Waals surface area (Å²) in [4.78, 5) is 10.9. The number of hydrogen-bond acceptors (Lipinski definition) is 3. The first-order chi connectivity index (χ1) is 9.52. The highest BCUT2D eigenvalue weighted by molar-refractivity contribution is 14.0. The Hall–Kier alpha value is -1.05. The predicted octanol–water partition coefficient (Wildman–Crippen LogP) is 2.48. The molecule has 0 amide bonds. The summed E-state index contributed by atoms with van der Waals surface area (Å²) in [6, 6.07) is 4.07. The van der Waals surface area contributed by atoms with Crippen LogP contribution in [0, 0.1) is 5.92 Å². The van der Waals surface area contributed by atoms with Gasteiger partial charge in [0, 0.05) is 33.4 Å². The summed E-state index contributed by atoms with van der Waals surface area (Å²) in [6.45, 7) is 8.87. The molecule has 0 saturated carbocycles. The highest BCUT2D eigenvalue weighted by atomic mass is 127. The van der Waals surface area contributed by atoms with Crippen LogP contribution in [0.5, 0.6) is 0 Å². The van der Waals surface area contributed by atoms with Gasteiger partial charge in [-0.25, -0.2) is 9.98 Å². The van der Waals surface area contributed by atoms with Crippen LogP contribution in [0.4, 0.5) is 5.82 Å². The van der Waals surface area contributed by atoms with Crippen LogP contribution in [-0.4, -0.2) is 38.1 Å². The number of halogens is 1. The van der Waals surface area contributed by atoms with E-state index < -0.39 is 0 Å². The van der Waals surface area contributed by atoms with E-state index in [1.165, 1.54) is 0 Å². The second kappa shape index (κ2) is 10.6. The molecule has 1 aromatic heterocycles. The maximum absolute atomic E-state index is 4.60. The fraction of sp³-hybridized carbons (Fsp3) is 0.600. The number of nitrogens with zero attached hydrogens (tertiary/aromatic N) is 3. The third-order valence-corrected chi connectivity index (χ3v) is 2.71. The summed E-state index contributed by atoms with van der Waals surface area (Å²) in [5, 5.41) is 6.60. The number of nitrogens with one attached hydrogen (secondary N) is 2. The monoisotopic (exact) mass is 405 g/mol. The summed E-state index contributed by atoms with van der Waals surface area (Å²) in [5.41, 5.74) is 1.16. The van der Waals surface area contributed by atoms with E-state index in [2.05, 4.69) is 47.4 Å². The molecule has 1 rings (SSSR count). The van der Waals surface area contributed by atoms with Gasteiger partial charge < -0.3 is 15.5 Å². The van der Waals surface area contributed by atoms with Crippen molar-refractivity contribution in [3.8, 4) is 0 Å². The first-order valence-electron chi connectivity index (χ1n) is 7.17. The zero-order chi connectivity index (χ0) is 15.0. The Labute approximate surface area is 145 Å². The maximum atomic E-state index is 4.60. The van der Waals surface area contributed by atoms with Crippen LogP contribution in [-0.2, 0) is 6.54 Å². The van der Waals surface area contributed by atoms with E-state index in [0.717, 1.165) is 30.4 Å². The van der Waals surface area contributed by atoms with Gasteiger partial charge in [-0.05, 0) is 30.5 Å². The molecule has 0 atom stereocenters. The zero-order valence-electron chi connectivity index (χ0n) is 13.7. The minimum Gasteiger partial charge on any atom is -0.363 e. The molecule has 0 spiro atoms. The SMILES string of the molecule is CCNC(=NCc1ccnc(N(C)C)c1)NCC(C)C.I. The van der Waals surface area contributed by atoms with Crippen molar-refractivity contribution in [1.29, 1.82) is 0 Å². The van der Waals surface area contributed by atoms with Gasteiger partial charge in [0.25, 0.3) is 0 Å². The largest absolute Gasteiger partial charge is 0.363 e. The Morgan fingerprint density at radius 2 is 2.05 bits per heavy atom. The lowest BCUT2D eigenvalue weighted by Crippen LogP contribution is -2.39. The molecular formula is C15H28IN5. The Morgan fingerprint density at radius 3 is 2.62 bits per heavy atom.